The summed E-state index contributed by atoms with van der Waals surface area (Å²) < 4.78 is 15.3. The van der Waals surface area contributed by atoms with E-state index >= 15 is 0 Å². The number of aromatic amines is 1. The van der Waals surface area contributed by atoms with Gasteiger partial charge in [0.05, 0.1) is 6.42 Å². The van der Waals surface area contributed by atoms with Crippen LogP contribution < -0.4 is 5.69 Å². The average molecular weight is 325 g/mol. The third kappa shape index (κ3) is 2.76. The first-order valence-electron chi connectivity index (χ1n) is 6.91. The minimum atomic E-state index is -0.486. The van der Waals surface area contributed by atoms with E-state index in [9.17, 15) is 14.0 Å². The molecule has 1 aliphatic rings. The summed E-state index contributed by atoms with van der Waals surface area (Å²) in [5.74, 6) is -0.0709. The molecule has 2 heterocycles. The van der Waals surface area contributed by atoms with Crippen LogP contribution >= 0.6 is 11.6 Å². The predicted octanol–water partition coefficient (Wildman–Crippen LogP) is 0.991. The van der Waals surface area contributed by atoms with Crippen molar-refractivity contribution in [3.8, 4) is 0 Å². The number of rotatable bonds is 2. The molecule has 0 spiro atoms. The summed E-state index contributed by atoms with van der Waals surface area (Å²) in [4.78, 5) is 25.5. The van der Waals surface area contributed by atoms with Gasteiger partial charge in [-0.2, -0.15) is 5.10 Å². The van der Waals surface area contributed by atoms with Gasteiger partial charge in [0.25, 0.3) is 0 Å². The van der Waals surface area contributed by atoms with Crippen molar-refractivity contribution in [2.45, 2.75) is 19.4 Å². The van der Waals surface area contributed by atoms with Gasteiger partial charge < -0.3 is 4.90 Å². The Hall–Kier alpha value is -2.15. The molecular formula is C14H14ClFN4O2. The van der Waals surface area contributed by atoms with Crippen LogP contribution in [-0.2, 0) is 24.2 Å². The zero-order valence-electron chi connectivity index (χ0n) is 11.7. The number of carbonyl (C=O) groups is 1. The van der Waals surface area contributed by atoms with E-state index < -0.39 is 5.82 Å². The van der Waals surface area contributed by atoms with E-state index in [4.69, 9.17) is 11.6 Å². The molecule has 0 aliphatic carbocycles. The third-order valence-electron chi connectivity index (χ3n) is 3.78. The van der Waals surface area contributed by atoms with E-state index in [1.165, 1.54) is 16.7 Å². The highest BCUT2D eigenvalue weighted by Crippen LogP contribution is 2.20. The molecule has 8 heteroatoms. The molecule has 0 unspecified atom stereocenters. The summed E-state index contributed by atoms with van der Waals surface area (Å²) >= 11 is 5.95. The quantitative estimate of drug-likeness (QED) is 0.895. The van der Waals surface area contributed by atoms with E-state index in [-0.39, 0.29) is 28.6 Å². The fraction of sp³-hybridized carbons (Fsp3) is 0.357. The number of fused-ring (bicyclic) bond motifs is 1. The van der Waals surface area contributed by atoms with Crippen molar-refractivity contribution in [1.29, 1.82) is 0 Å². The number of aromatic nitrogens is 3. The van der Waals surface area contributed by atoms with E-state index in [0.29, 0.717) is 31.9 Å². The van der Waals surface area contributed by atoms with E-state index in [1.54, 1.807) is 11.0 Å². The van der Waals surface area contributed by atoms with Crippen LogP contribution in [0.2, 0.25) is 5.02 Å². The van der Waals surface area contributed by atoms with Gasteiger partial charge in [0.1, 0.15) is 11.6 Å². The summed E-state index contributed by atoms with van der Waals surface area (Å²) in [6.07, 6.45) is 0.389. The lowest BCUT2D eigenvalue weighted by Crippen LogP contribution is -2.35. The normalized spacial score (nSPS) is 14.5. The Labute approximate surface area is 130 Å². The summed E-state index contributed by atoms with van der Waals surface area (Å²) in [6, 6.07) is 4.35. The molecule has 0 bridgehead atoms. The second-order valence-electron chi connectivity index (χ2n) is 5.10. The molecule has 6 nitrogen and oxygen atoms in total. The summed E-state index contributed by atoms with van der Waals surface area (Å²) in [5, 5.41) is 6.56. The number of H-pyrrole nitrogens is 1. The molecule has 0 radical (unpaired) electrons. The van der Waals surface area contributed by atoms with Gasteiger partial charge in [-0.15, -0.1) is 0 Å². The first-order chi connectivity index (χ1) is 10.6. The van der Waals surface area contributed by atoms with E-state index in [1.807, 2.05) is 0 Å². The van der Waals surface area contributed by atoms with Gasteiger partial charge in [0.15, 0.2) is 0 Å². The van der Waals surface area contributed by atoms with Crippen molar-refractivity contribution < 1.29 is 9.18 Å². The molecule has 1 amide bonds. The molecule has 2 aromatic rings. The number of hydrogen-bond donors (Lipinski definition) is 1. The molecule has 0 saturated heterocycles. The number of amides is 1. The maximum atomic E-state index is 13.8. The lowest BCUT2D eigenvalue weighted by atomic mass is 10.1. The van der Waals surface area contributed by atoms with Crippen molar-refractivity contribution in [1.82, 2.24) is 19.7 Å². The number of nitrogens with zero attached hydrogens (tertiary/aromatic N) is 3. The smallest absolute Gasteiger partial charge is 0.340 e. The number of carbonyl (C=O) groups excluding carboxylic acids is 1. The Balaban J connectivity index is 1.73. The van der Waals surface area contributed by atoms with Crippen LogP contribution in [-0.4, -0.2) is 38.7 Å². The van der Waals surface area contributed by atoms with E-state index in [0.717, 1.165) is 0 Å². The van der Waals surface area contributed by atoms with Crippen molar-refractivity contribution in [2.75, 3.05) is 13.1 Å². The molecule has 1 N–H and O–H groups in total. The summed E-state index contributed by atoms with van der Waals surface area (Å²) in [5.41, 5.74) is -0.0737. The van der Waals surface area contributed by atoms with Gasteiger partial charge in [-0.3, -0.25) is 9.36 Å². The molecule has 0 atom stereocenters. The SMILES string of the molecule is O=C(Cc1c(F)cccc1Cl)N1CCc2n[nH]c(=O)n2CC1. The van der Waals surface area contributed by atoms with Crippen LogP contribution in [0.4, 0.5) is 4.39 Å². The van der Waals surface area contributed by atoms with Crippen LogP contribution in [0.25, 0.3) is 0 Å². The van der Waals surface area contributed by atoms with Gasteiger partial charge >= 0.3 is 5.69 Å². The zero-order chi connectivity index (χ0) is 15.7. The largest absolute Gasteiger partial charge is 0.343 e. The Bertz CT molecular complexity index is 750. The second-order valence-corrected chi connectivity index (χ2v) is 5.51. The number of halogens is 2. The zero-order valence-corrected chi connectivity index (χ0v) is 12.4. The number of nitrogens with one attached hydrogen (secondary N) is 1. The molecule has 116 valence electrons. The Morgan fingerprint density at radius 1 is 1.36 bits per heavy atom. The van der Waals surface area contributed by atoms with Crippen LogP contribution in [0.1, 0.15) is 11.4 Å². The molecular weight excluding hydrogens is 311 g/mol. The standard InChI is InChI=1S/C14H14ClFN4O2/c15-10-2-1-3-11(16)9(10)8-13(21)19-5-4-12-17-18-14(22)20(12)7-6-19/h1-3H,4-8H2,(H,18,22). The fourth-order valence-corrected chi connectivity index (χ4v) is 2.78. The molecule has 1 aromatic heterocycles. The molecule has 1 aromatic carbocycles. The van der Waals surface area contributed by atoms with Crippen LogP contribution in [0.15, 0.2) is 23.0 Å². The third-order valence-corrected chi connectivity index (χ3v) is 4.13. The summed E-state index contributed by atoms with van der Waals surface area (Å²) in [6.45, 7) is 1.20. The van der Waals surface area contributed by atoms with Crippen molar-refractivity contribution in [3.63, 3.8) is 0 Å². The molecule has 0 saturated carbocycles. The Morgan fingerprint density at radius 3 is 2.95 bits per heavy atom. The van der Waals surface area contributed by atoms with Crippen LogP contribution in [0.5, 0.6) is 0 Å². The van der Waals surface area contributed by atoms with Crippen molar-refractivity contribution in [2.24, 2.45) is 0 Å². The van der Waals surface area contributed by atoms with Crippen molar-refractivity contribution >= 4 is 17.5 Å². The highest BCUT2D eigenvalue weighted by atomic mass is 35.5. The predicted molar refractivity (Wildman–Crippen MR) is 78.2 cm³/mol. The number of hydrogen-bond acceptors (Lipinski definition) is 3. The second kappa shape index (κ2) is 5.92. The minimum Gasteiger partial charge on any atom is -0.340 e. The highest BCUT2D eigenvalue weighted by Gasteiger charge is 2.22. The molecule has 0 fully saturated rings. The summed E-state index contributed by atoms with van der Waals surface area (Å²) in [7, 11) is 0. The van der Waals surface area contributed by atoms with Gasteiger partial charge in [0, 0.05) is 36.6 Å². The first kappa shape index (κ1) is 14.8. The van der Waals surface area contributed by atoms with Crippen LogP contribution in [0, 0.1) is 5.82 Å². The lowest BCUT2D eigenvalue weighted by Gasteiger charge is -2.20. The van der Waals surface area contributed by atoms with Crippen LogP contribution in [0.3, 0.4) is 0 Å². The average Bonchev–Trinajstić information content (AvgIpc) is 2.72. The molecule has 22 heavy (non-hydrogen) atoms. The minimum absolute atomic E-state index is 0.0931. The lowest BCUT2D eigenvalue weighted by molar-refractivity contribution is -0.130. The maximum Gasteiger partial charge on any atom is 0.343 e. The van der Waals surface area contributed by atoms with E-state index in [2.05, 4.69) is 10.2 Å². The van der Waals surface area contributed by atoms with Gasteiger partial charge in [0.2, 0.25) is 5.91 Å². The maximum absolute atomic E-state index is 13.8. The topological polar surface area (TPSA) is 71.0 Å². The monoisotopic (exact) mass is 324 g/mol. The highest BCUT2D eigenvalue weighted by molar-refractivity contribution is 6.31. The fourth-order valence-electron chi connectivity index (χ4n) is 2.55. The van der Waals surface area contributed by atoms with Gasteiger partial charge in [-0.05, 0) is 12.1 Å². The molecule has 3 rings (SSSR count). The van der Waals surface area contributed by atoms with Gasteiger partial charge in [-0.1, -0.05) is 17.7 Å². The van der Waals surface area contributed by atoms with Crippen molar-refractivity contribution in [3.05, 3.63) is 50.9 Å². The number of benzene rings is 1. The Kier molecular flexibility index (Phi) is 3.98. The van der Waals surface area contributed by atoms with Gasteiger partial charge in [-0.25, -0.2) is 14.3 Å². The first-order valence-corrected chi connectivity index (χ1v) is 7.29. The Morgan fingerprint density at radius 2 is 2.18 bits per heavy atom. The molecule has 1 aliphatic heterocycles.